The summed E-state index contributed by atoms with van der Waals surface area (Å²) in [5.74, 6) is -0.867. The van der Waals surface area contributed by atoms with Gasteiger partial charge in [0.2, 0.25) is 0 Å². The van der Waals surface area contributed by atoms with Crippen LogP contribution in [0.2, 0.25) is 0 Å². The Morgan fingerprint density at radius 2 is 2.00 bits per heavy atom. The van der Waals surface area contributed by atoms with Gasteiger partial charge in [0, 0.05) is 18.8 Å². The average molecular weight is 273 g/mol. The van der Waals surface area contributed by atoms with Gasteiger partial charge in [-0.05, 0) is 42.5 Å². The fourth-order valence-corrected chi connectivity index (χ4v) is 2.71. The van der Waals surface area contributed by atoms with Gasteiger partial charge in [-0.1, -0.05) is 32.4 Å². The standard InChI is InChI=1S/C17H23NO2/c1-12-11-13(16(19)20)5-6-15(12)18-9-7-14(8-10-18)17(2,3)4/h5-7,11H,8-10H2,1-4H3,(H,19,20). The van der Waals surface area contributed by atoms with Gasteiger partial charge < -0.3 is 10.0 Å². The summed E-state index contributed by atoms with van der Waals surface area (Å²) in [5.41, 5.74) is 4.27. The maximum atomic E-state index is 11.0. The van der Waals surface area contributed by atoms with E-state index >= 15 is 0 Å². The molecule has 0 radical (unpaired) electrons. The van der Waals surface area contributed by atoms with Crippen LogP contribution in [0.15, 0.2) is 29.8 Å². The minimum Gasteiger partial charge on any atom is -0.478 e. The molecule has 2 rings (SSSR count). The Balaban J connectivity index is 2.19. The number of rotatable bonds is 2. The van der Waals surface area contributed by atoms with Crippen molar-refractivity contribution in [2.75, 3.05) is 18.0 Å². The number of benzene rings is 1. The van der Waals surface area contributed by atoms with Crippen LogP contribution in [0.1, 0.15) is 43.1 Å². The Kier molecular flexibility index (Phi) is 3.89. The highest BCUT2D eigenvalue weighted by molar-refractivity contribution is 5.88. The van der Waals surface area contributed by atoms with Crippen LogP contribution in [0.4, 0.5) is 5.69 Å². The Labute approximate surface area is 120 Å². The fourth-order valence-electron chi connectivity index (χ4n) is 2.71. The monoisotopic (exact) mass is 273 g/mol. The molecule has 3 nitrogen and oxygen atoms in total. The van der Waals surface area contributed by atoms with Crippen LogP contribution >= 0.6 is 0 Å². The maximum absolute atomic E-state index is 11.0. The zero-order valence-corrected chi connectivity index (χ0v) is 12.7. The van der Waals surface area contributed by atoms with E-state index in [1.165, 1.54) is 5.57 Å². The molecule has 3 heteroatoms. The molecule has 0 atom stereocenters. The summed E-state index contributed by atoms with van der Waals surface area (Å²) in [6.07, 6.45) is 3.39. The van der Waals surface area contributed by atoms with E-state index in [1.807, 2.05) is 13.0 Å². The second-order valence-corrected chi connectivity index (χ2v) is 6.48. The minimum atomic E-state index is -0.867. The zero-order valence-electron chi connectivity index (χ0n) is 12.7. The van der Waals surface area contributed by atoms with Crippen molar-refractivity contribution in [1.29, 1.82) is 0 Å². The van der Waals surface area contributed by atoms with E-state index < -0.39 is 5.97 Å². The van der Waals surface area contributed by atoms with Crippen molar-refractivity contribution in [3.8, 4) is 0 Å². The number of anilines is 1. The Morgan fingerprint density at radius 1 is 1.30 bits per heavy atom. The molecular weight excluding hydrogens is 250 g/mol. The largest absolute Gasteiger partial charge is 0.478 e. The second-order valence-electron chi connectivity index (χ2n) is 6.48. The molecule has 0 aliphatic carbocycles. The molecule has 0 fully saturated rings. The zero-order chi connectivity index (χ0) is 14.9. The first-order valence-corrected chi connectivity index (χ1v) is 7.07. The number of hydrogen-bond donors (Lipinski definition) is 1. The molecule has 0 unspecified atom stereocenters. The summed E-state index contributed by atoms with van der Waals surface area (Å²) in [6.45, 7) is 10.6. The van der Waals surface area contributed by atoms with Gasteiger partial charge in [-0.15, -0.1) is 0 Å². The van der Waals surface area contributed by atoms with Crippen LogP contribution in [0.3, 0.4) is 0 Å². The van der Waals surface area contributed by atoms with Crippen LogP contribution in [0.25, 0.3) is 0 Å². The molecule has 1 aliphatic heterocycles. The molecule has 20 heavy (non-hydrogen) atoms. The molecule has 1 aromatic carbocycles. The van der Waals surface area contributed by atoms with E-state index in [4.69, 9.17) is 5.11 Å². The van der Waals surface area contributed by atoms with Gasteiger partial charge in [0.25, 0.3) is 0 Å². The summed E-state index contributed by atoms with van der Waals surface area (Å²) in [4.78, 5) is 13.3. The molecule has 1 N–H and O–H groups in total. The normalized spacial score (nSPS) is 16.0. The smallest absolute Gasteiger partial charge is 0.335 e. The molecule has 1 aromatic rings. The first kappa shape index (κ1) is 14.6. The highest BCUT2D eigenvalue weighted by Gasteiger charge is 2.22. The molecular formula is C17H23NO2. The van der Waals surface area contributed by atoms with Crippen molar-refractivity contribution in [1.82, 2.24) is 0 Å². The van der Waals surface area contributed by atoms with Crippen LogP contribution < -0.4 is 4.90 Å². The van der Waals surface area contributed by atoms with Crippen molar-refractivity contribution < 1.29 is 9.90 Å². The molecule has 0 amide bonds. The summed E-state index contributed by atoms with van der Waals surface area (Å²) in [7, 11) is 0. The lowest BCUT2D eigenvalue weighted by Crippen LogP contribution is -2.31. The summed E-state index contributed by atoms with van der Waals surface area (Å²) in [5, 5.41) is 9.01. The van der Waals surface area contributed by atoms with E-state index in [1.54, 1.807) is 12.1 Å². The molecule has 1 aliphatic rings. The predicted molar refractivity (Wildman–Crippen MR) is 82.5 cm³/mol. The van der Waals surface area contributed by atoms with Gasteiger partial charge in [-0.2, -0.15) is 0 Å². The summed E-state index contributed by atoms with van der Waals surface area (Å²) < 4.78 is 0. The third kappa shape index (κ3) is 3.03. The lowest BCUT2D eigenvalue weighted by atomic mass is 9.83. The van der Waals surface area contributed by atoms with Gasteiger partial charge in [-0.25, -0.2) is 4.79 Å². The third-order valence-corrected chi connectivity index (χ3v) is 3.96. The number of carboxylic acid groups (broad SMARTS) is 1. The number of carboxylic acids is 1. The van der Waals surface area contributed by atoms with E-state index in [-0.39, 0.29) is 5.41 Å². The van der Waals surface area contributed by atoms with Crippen molar-refractivity contribution >= 4 is 11.7 Å². The van der Waals surface area contributed by atoms with E-state index in [2.05, 4.69) is 31.7 Å². The molecule has 0 saturated heterocycles. The van der Waals surface area contributed by atoms with Crippen LogP contribution in [-0.4, -0.2) is 24.2 Å². The van der Waals surface area contributed by atoms with Gasteiger partial charge in [0.05, 0.1) is 5.56 Å². The van der Waals surface area contributed by atoms with Crippen molar-refractivity contribution in [3.05, 3.63) is 41.0 Å². The highest BCUT2D eigenvalue weighted by Crippen LogP contribution is 2.32. The van der Waals surface area contributed by atoms with Crippen LogP contribution in [0.5, 0.6) is 0 Å². The topological polar surface area (TPSA) is 40.5 Å². The van der Waals surface area contributed by atoms with Crippen molar-refractivity contribution in [3.63, 3.8) is 0 Å². The second kappa shape index (κ2) is 5.31. The quantitative estimate of drug-likeness (QED) is 0.831. The predicted octanol–water partition coefficient (Wildman–Crippen LogP) is 3.88. The molecule has 0 saturated carbocycles. The molecule has 0 bridgehead atoms. The van der Waals surface area contributed by atoms with Gasteiger partial charge in [0.15, 0.2) is 0 Å². The SMILES string of the molecule is Cc1cc(C(=O)O)ccc1N1CC=C(C(C)(C)C)CC1. The molecule has 0 aromatic heterocycles. The first-order valence-electron chi connectivity index (χ1n) is 7.07. The Bertz CT molecular complexity index is 553. The molecule has 1 heterocycles. The van der Waals surface area contributed by atoms with Gasteiger partial charge in [-0.3, -0.25) is 0 Å². The number of nitrogens with zero attached hydrogens (tertiary/aromatic N) is 1. The van der Waals surface area contributed by atoms with E-state index in [9.17, 15) is 4.79 Å². The van der Waals surface area contributed by atoms with Crippen LogP contribution in [0, 0.1) is 12.3 Å². The van der Waals surface area contributed by atoms with Crippen molar-refractivity contribution in [2.45, 2.75) is 34.1 Å². The number of carbonyl (C=O) groups is 1. The number of hydrogen-bond acceptors (Lipinski definition) is 2. The number of aryl methyl sites for hydroxylation is 1. The lowest BCUT2D eigenvalue weighted by molar-refractivity contribution is 0.0697. The van der Waals surface area contributed by atoms with Crippen molar-refractivity contribution in [2.24, 2.45) is 5.41 Å². The Hall–Kier alpha value is -1.77. The first-order chi connectivity index (χ1) is 9.29. The fraction of sp³-hybridized carbons (Fsp3) is 0.471. The van der Waals surface area contributed by atoms with Gasteiger partial charge in [0.1, 0.15) is 0 Å². The minimum absolute atomic E-state index is 0.244. The Morgan fingerprint density at radius 3 is 2.45 bits per heavy atom. The highest BCUT2D eigenvalue weighted by atomic mass is 16.4. The summed E-state index contributed by atoms with van der Waals surface area (Å²) >= 11 is 0. The third-order valence-electron chi connectivity index (χ3n) is 3.96. The lowest BCUT2D eigenvalue weighted by Gasteiger charge is -2.34. The van der Waals surface area contributed by atoms with E-state index in [0.29, 0.717) is 5.56 Å². The summed E-state index contributed by atoms with van der Waals surface area (Å²) in [6, 6.07) is 5.36. The van der Waals surface area contributed by atoms with Crippen LogP contribution in [-0.2, 0) is 0 Å². The van der Waals surface area contributed by atoms with Gasteiger partial charge >= 0.3 is 5.97 Å². The maximum Gasteiger partial charge on any atom is 0.335 e. The molecule has 108 valence electrons. The number of aromatic carboxylic acids is 1. The average Bonchev–Trinajstić information content (AvgIpc) is 2.37. The van der Waals surface area contributed by atoms with E-state index in [0.717, 1.165) is 30.8 Å². The molecule has 0 spiro atoms.